The second-order valence-corrected chi connectivity index (χ2v) is 5.03. The number of nitrogens with zero attached hydrogens (tertiary/aromatic N) is 2. The van der Waals surface area contributed by atoms with Crippen molar-refractivity contribution in [3.05, 3.63) is 35.5 Å². The van der Waals surface area contributed by atoms with Gasteiger partial charge >= 0.3 is 0 Å². The third kappa shape index (κ3) is 1.72. The Morgan fingerprint density at radius 3 is 3.00 bits per heavy atom. The van der Waals surface area contributed by atoms with Crippen molar-refractivity contribution in [1.82, 2.24) is 9.55 Å². The first-order valence-electron chi connectivity index (χ1n) is 5.49. The Bertz CT molecular complexity index is 612. The first-order valence-corrected chi connectivity index (χ1v) is 6.47. The van der Waals surface area contributed by atoms with Gasteiger partial charge in [-0.3, -0.25) is 0 Å². The van der Waals surface area contributed by atoms with Gasteiger partial charge in [0.05, 0.1) is 18.0 Å². The SMILES string of the molecule is OCc1c(-c2cc(F)ccc2F)nc2n1CCS2. The van der Waals surface area contributed by atoms with Crippen molar-refractivity contribution in [3.8, 4) is 11.3 Å². The Morgan fingerprint density at radius 1 is 1.39 bits per heavy atom. The van der Waals surface area contributed by atoms with Crippen LogP contribution in [0.2, 0.25) is 0 Å². The monoisotopic (exact) mass is 268 g/mol. The molecule has 18 heavy (non-hydrogen) atoms. The van der Waals surface area contributed by atoms with Gasteiger partial charge in [-0.25, -0.2) is 13.8 Å². The fraction of sp³-hybridized carbons (Fsp3) is 0.250. The Balaban J connectivity index is 2.20. The van der Waals surface area contributed by atoms with Crippen LogP contribution in [0.3, 0.4) is 0 Å². The van der Waals surface area contributed by atoms with Crippen molar-refractivity contribution < 1.29 is 13.9 Å². The highest BCUT2D eigenvalue weighted by atomic mass is 32.2. The average Bonchev–Trinajstić information content (AvgIpc) is 2.91. The fourth-order valence-corrected chi connectivity index (χ4v) is 3.06. The van der Waals surface area contributed by atoms with Gasteiger partial charge in [0.1, 0.15) is 11.6 Å². The smallest absolute Gasteiger partial charge is 0.168 e. The molecule has 0 saturated carbocycles. The molecule has 0 bridgehead atoms. The lowest BCUT2D eigenvalue weighted by molar-refractivity contribution is 0.271. The molecule has 3 nitrogen and oxygen atoms in total. The van der Waals surface area contributed by atoms with Gasteiger partial charge in [-0.05, 0) is 18.2 Å². The topological polar surface area (TPSA) is 38.1 Å². The van der Waals surface area contributed by atoms with Crippen LogP contribution in [0.5, 0.6) is 0 Å². The molecule has 2 heterocycles. The van der Waals surface area contributed by atoms with E-state index < -0.39 is 11.6 Å². The number of aliphatic hydroxyl groups excluding tert-OH is 1. The molecule has 0 amide bonds. The maximum absolute atomic E-state index is 13.7. The van der Waals surface area contributed by atoms with Crippen LogP contribution in [0.1, 0.15) is 5.69 Å². The van der Waals surface area contributed by atoms with Crippen LogP contribution in [-0.2, 0) is 13.2 Å². The third-order valence-corrected chi connectivity index (χ3v) is 3.87. The number of benzene rings is 1. The number of aliphatic hydroxyl groups is 1. The molecule has 0 fully saturated rings. The van der Waals surface area contributed by atoms with Gasteiger partial charge in [0.15, 0.2) is 5.16 Å². The number of fused-ring (bicyclic) bond motifs is 1. The van der Waals surface area contributed by atoms with Gasteiger partial charge in [-0.2, -0.15) is 0 Å². The molecule has 0 atom stereocenters. The van der Waals surface area contributed by atoms with Crippen LogP contribution >= 0.6 is 11.8 Å². The van der Waals surface area contributed by atoms with Crippen LogP contribution in [0.15, 0.2) is 23.4 Å². The number of aromatic nitrogens is 2. The van der Waals surface area contributed by atoms with Crippen molar-refractivity contribution in [1.29, 1.82) is 0 Å². The zero-order valence-electron chi connectivity index (χ0n) is 9.36. The summed E-state index contributed by atoms with van der Waals surface area (Å²) in [6.45, 7) is 0.499. The molecular weight excluding hydrogens is 258 g/mol. The van der Waals surface area contributed by atoms with E-state index in [9.17, 15) is 13.9 Å². The fourth-order valence-electron chi connectivity index (χ4n) is 2.09. The molecule has 1 aliphatic heterocycles. The van der Waals surface area contributed by atoms with Crippen molar-refractivity contribution in [3.63, 3.8) is 0 Å². The van der Waals surface area contributed by atoms with Gasteiger partial charge in [-0.15, -0.1) is 0 Å². The van der Waals surface area contributed by atoms with E-state index in [4.69, 9.17) is 0 Å². The summed E-state index contributed by atoms with van der Waals surface area (Å²) in [5, 5.41) is 10.2. The molecule has 1 aliphatic rings. The summed E-state index contributed by atoms with van der Waals surface area (Å²) >= 11 is 1.55. The molecule has 6 heteroatoms. The highest BCUT2D eigenvalue weighted by molar-refractivity contribution is 7.99. The lowest BCUT2D eigenvalue weighted by Gasteiger charge is -2.05. The Labute approximate surface area is 106 Å². The highest BCUT2D eigenvalue weighted by Gasteiger charge is 2.23. The van der Waals surface area contributed by atoms with E-state index in [0.29, 0.717) is 11.4 Å². The molecule has 1 aromatic carbocycles. The number of imidazole rings is 1. The largest absolute Gasteiger partial charge is 0.390 e. The molecule has 0 spiro atoms. The summed E-state index contributed by atoms with van der Waals surface area (Å²) in [7, 11) is 0. The number of halogens is 2. The number of thioether (sulfide) groups is 1. The van der Waals surface area contributed by atoms with E-state index in [1.807, 2.05) is 4.57 Å². The van der Waals surface area contributed by atoms with Gasteiger partial charge in [-0.1, -0.05) is 11.8 Å². The van der Waals surface area contributed by atoms with Crippen LogP contribution in [0, 0.1) is 11.6 Å². The Kier molecular flexibility index (Phi) is 2.83. The lowest BCUT2D eigenvalue weighted by Crippen LogP contribution is -2.02. The first kappa shape index (κ1) is 11.7. The summed E-state index contributed by atoms with van der Waals surface area (Å²) in [5.74, 6) is -0.162. The summed E-state index contributed by atoms with van der Waals surface area (Å²) in [5.41, 5.74) is 0.970. The predicted octanol–water partition coefficient (Wildman–Crippen LogP) is 2.43. The molecule has 0 unspecified atom stereocenters. The number of hydrogen-bond acceptors (Lipinski definition) is 3. The minimum atomic E-state index is -0.534. The van der Waals surface area contributed by atoms with Gasteiger partial charge in [0.25, 0.3) is 0 Å². The number of rotatable bonds is 2. The van der Waals surface area contributed by atoms with Crippen molar-refractivity contribution in [2.75, 3.05) is 5.75 Å². The van der Waals surface area contributed by atoms with E-state index in [0.717, 1.165) is 35.7 Å². The Hall–Kier alpha value is -1.40. The van der Waals surface area contributed by atoms with Crippen LogP contribution in [0.25, 0.3) is 11.3 Å². The maximum atomic E-state index is 13.7. The van der Waals surface area contributed by atoms with Gasteiger partial charge in [0.2, 0.25) is 0 Å². The molecule has 2 aromatic rings. The minimum Gasteiger partial charge on any atom is -0.390 e. The average molecular weight is 268 g/mol. The van der Waals surface area contributed by atoms with Crippen molar-refractivity contribution in [2.24, 2.45) is 0 Å². The van der Waals surface area contributed by atoms with Crippen molar-refractivity contribution >= 4 is 11.8 Å². The van der Waals surface area contributed by atoms with Crippen LogP contribution in [-0.4, -0.2) is 20.4 Å². The maximum Gasteiger partial charge on any atom is 0.168 e. The third-order valence-electron chi connectivity index (χ3n) is 2.92. The molecule has 3 rings (SSSR count). The second-order valence-electron chi connectivity index (χ2n) is 3.97. The Morgan fingerprint density at radius 2 is 2.22 bits per heavy atom. The molecule has 0 aliphatic carbocycles. The molecule has 0 radical (unpaired) electrons. The summed E-state index contributed by atoms with van der Waals surface area (Å²) in [4.78, 5) is 4.29. The summed E-state index contributed by atoms with van der Waals surface area (Å²) < 4.78 is 28.8. The van der Waals surface area contributed by atoms with Gasteiger partial charge < -0.3 is 9.67 Å². The molecule has 1 aromatic heterocycles. The van der Waals surface area contributed by atoms with Crippen LogP contribution in [0.4, 0.5) is 8.78 Å². The van der Waals surface area contributed by atoms with Crippen LogP contribution < -0.4 is 0 Å². The molecule has 94 valence electrons. The van der Waals surface area contributed by atoms with E-state index in [1.54, 1.807) is 11.8 Å². The van der Waals surface area contributed by atoms with E-state index in [2.05, 4.69) is 4.98 Å². The predicted molar refractivity (Wildman–Crippen MR) is 64.2 cm³/mol. The highest BCUT2D eigenvalue weighted by Crippen LogP contribution is 2.34. The van der Waals surface area contributed by atoms with Crippen molar-refractivity contribution in [2.45, 2.75) is 18.3 Å². The summed E-state index contributed by atoms with van der Waals surface area (Å²) in [6.07, 6.45) is 0. The lowest BCUT2D eigenvalue weighted by atomic mass is 10.1. The summed E-state index contributed by atoms with van der Waals surface area (Å²) in [6, 6.07) is 3.25. The normalized spacial score (nSPS) is 13.9. The molecule has 0 saturated heterocycles. The molecule has 1 N–H and O–H groups in total. The second kappa shape index (κ2) is 4.37. The zero-order valence-corrected chi connectivity index (χ0v) is 10.2. The number of hydrogen-bond donors (Lipinski definition) is 1. The molecular formula is C12H10F2N2OS. The van der Waals surface area contributed by atoms with E-state index in [-0.39, 0.29) is 12.2 Å². The standard InChI is InChI=1S/C12H10F2N2OS/c13-7-1-2-9(14)8(5-7)11-10(6-17)16-3-4-18-12(16)15-11/h1-2,5,17H,3-4,6H2. The van der Waals surface area contributed by atoms with E-state index in [1.165, 1.54) is 0 Å². The van der Waals surface area contributed by atoms with E-state index >= 15 is 0 Å². The first-order chi connectivity index (χ1) is 8.70. The quantitative estimate of drug-likeness (QED) is 0.909. The zero-order chi connectivity index (χ0) is 12.7. The van der Waals surface area contributed by atoms with Gasteiger partial charge in [0, 0.05) is 17.9 Å². The minimum absolute atomic E-state index is 0.0987.